The molecule has 1 aliphatic heterocycles. The van der Waals surface area contributed by atoms with E-state index in [9.17, 15) is 0 Å². The summed E-state index contributed by atoms with van der Waals surface area (Å²) in [7, 11) is 0. The van der Waals surface area contributed by atoms with Gasteiger partial charge < -0.3 is 9.47 Å². The molecule has 3 heterocycles. The van der Waals surface area contributed by atoms with Crippen molar-refractivity contribution < 1.29 is 9.47 Å². The molecule has 1 spiro atoms. The van der Waals surface area contributed by atoms with Crippen LogP contribution < -0.4 is 0 Å². The number of hydrogen-bond acceptors (Lipinski definition) is 4. The maximum atomic E-state index is 6.27. The third-order valence-electron chi connectivity index (χ3n) is 9.24. The Bertz CT molecular complexity index is 1410. The summed E-state index contributed by atoms with van der Waals surface area (Å²) in [5.74, 6) is 0.361. The molecule has 0 unspecified atom stereocenters. The van der Waals surface area contributed by atoms with Crippen LogP contribution in [0.5, 0.6) is 0 Å². The highest BCUT2D eigenvalue weighted by Gasteiger charge is 2.58. The van der Waals surface area contributed by atoms with Crippen molar-refractivity contribution in [3.8, 4) is 28.2 Å². The van der Waals surface area contributed by atoms with Crippen LogP contribution in [0.4, 0.5) is 0 Å². The number of nitrogens with zero attached hydrogens (tertiary/aromatic N) is 3. The summed E-state index contributed by atoms with van der Waals surface area (Å²) in [6.07, 6.45) is 5.90. The molecule has 3 aliphatic rings. The Morgan fingerprint density at radius 2 is 1.59 bits per heavy atom. The average Bonchev–Trinajstić information content (AvgIpc) is 3.59. The molecule has 1 saturated carbocycles. The summed E-state index contributed by atoms with van der Waals surface area (Å²) in [5, 5.41) is 5.28. The number of hydrogen-bond donors (Lipinski definition) is 0. The van der Waals surface area contributed by atoms with Crippen LogP contribution in [0, 0.1) is 11.8 Å². The fourth-order valence-electron chi connectivity index (χ4n) is 7.34. The summed E-state index contributed by atoms with van der Waals surface area (Å²) >= 11 is 0. The fourth-order valence-corrected chi connectivity index (χ4v) is 7.34. The smallest absolute Gasteiger partial charge is 0.171 e. The molecule has 2 aliphatic carbocycles. The molecular formula is C32H33N3O2. The number of benzene rings is 2. The van der Waals surface area contributed by atoms with E-state index in [1.807, 2.05) is 12.3 Å². The molecule has 4 aromatic rings. The van der Waals surface area contributed by atoms with Crippen LogP contribution in [0.15, 0.2) is 79.0 Å². The van der Waals surface area contributed by atoms with Crippen LogP contribution in [0.2, 0.25) is 0 Å². The minimum absolute atomic E-state index is 0.0221. The van der Waals surface area contributed by atoms with Crippen molar-refractivity contribution >= 4 is 0 Å². The van der Waals surface area contributed by atoms with Gasteiger partial charge in [0.25, 0.3) is 0 Å². The van der Waals surface area contributed by atoms with Crippen molar-refractivity contribution in [3.05, 3.63) is 90.3 Å². The lowest BCUT2D eigenvalue weighted by molar-refractivity contribution is -0.234. The SMILES string of the molecule is C[C@@H]1[C@H]2CCc3c(-c4ccccn4)nn(-c4ccc(-c5ccccc5)cc4)c3[C@]2(C)CCC12OCCO2. The predicted octanol–water partition coefficient (Wildman–Crippen LogP) is 6.59. The maximum Gasteiger partial charge on any atom is 0.171 e. The average molecular weight is 492 g/mol. The Morgan fingerprint density at radius 3 is 2.32 bits per heavy atom. The van der Waals surface area contributed by atoms with Crippen molar-refractivity contribution in [3.63, 3.8) is 0 Å². The van der Waals surface area contributed by atoms with E-state index in [0.717, 1.165) is 42.8 Å². The molecule has 188 valence electrons. The van der Waals surface area contributed by atoms with E-state index in [0.29, 0.717) is 25.0 Å². The van der Waals surface area contributed by atoms with Gasteiger partial charge in [-0.05, 0) is 60.6 Å². The Morgan fingerprint density at radius 1 is 0.865 bits per heavy atom. The van der Waals surface area contributed by atoms with Gasteiger partial charge in [0.05, 0.1) is 30.3 Å². The number of fused-ring (bicyclic) bond motifs is 3. The Hall–Kier alpha value is -3.28. The van der Waals surface area contributed by atoms with Gasteiger partial charge in [0.2, 0.25) is 0 Å². The van der Waals surface area contributed by atoms with E-state index in [-0.39, 0.29) is 5.41 Å². The first-order chi connectivity index (χ1) is 18.1. The van der Waals surface area contributed by atoms with Gasteiger partial charge in [-0.2, -0.15) is 5.10 Å². The van der Waals surface area contributed by atoms with Crippen LogP contribution >= 0.6 is 0 Å². The molecule has 3 atom stereocenters. The van der Waals surface area contributed by atoms with Crippen molar-refractivity contribution in [2.24, 2.45) is 11.8 Å². The zero-order chi connectivity index (χ0) is 25.0. The molecule has 7 rings (SSSR count). The van der Waals surface area contributed by atoms with Gasteiger partial charge in [0.1, 0.15) is 5.69 Å². The number of aromatic nitrogens is 3. The minimum Gasteiger partial charge on any atom is -0.347 e. The van der Waals surface area contributed by atoms with Crippen molar-refractivity contribution in [1.82, 2.24) is 14.8 Å². The van der Waals surface area contributed by atoms with E-state index in [1.54, 1.807) is 0 Å². The van der Waals surface area contributed by atoms with E-state index in [4.69, 9.17) is 19.6 Å². The molecular weight excluding hydrogens is 458 g/mol. The molecule has 5 nitrogen and oxygen atoms in total. The first-order valence-electron chi connectivity index (χ1n) is 13.6. The highest BCUT2D eigenvalue weighted by Crippen LogP contribution is 2.58. The second-order valence-electron chi connectivity index (χ2n) is 11.1. The summed E-state index contributed by atoms with van der Waals surface area (Å²) in [6, 6.07) is 25.5. The first kappa shape index (κ1) is 22.9. The number of pyridine rings is 1. The molecule has 0 bridgehead atoms. The van der Waals surface area contributed by atoms with Crippen molar-refractivity contribution in [2.45, 2.75) is 50.7 Å². The van der Waals surface area contributed by atoms with Crippen molar-refractivity contribution in [1.29, 1.82) is 0 Å². The number of ether oxygens (including phenoxy) is 2. The Kier molecular flexibility index (Phi) is 5.34. The Balaban J connectivity index is 1.36. The highest BCUT2D eigenvalue weighted by molar-refractivity contribution is 5.66. The third-order valence-corrected chi connectivity index (χ3v) is 9.24. The Labute approximate surface area is 218 Å². The molecule has 2 fully saturated rings. The normalized spacial score (nSPS) is 26.1. The first-order valence-corrected chi connectivity index (χ1v) is 13.6. The van der Waals surface area contributed by atoms with Gasteiger partial charge in [0, 0.05) is 29.5 Å². The standard InChI is InChI=1S/C32H33N3O2/c1-22-27-16-15-26-29(28-10-6-7-19-33-28)34-35(25-13-11-24(12-14-25)23-8-4-3-5-9-23)30(26)31(27,2)17-18-32(22)36-20-21-37-32/h3-14,19,22,27H,15-18,20-21H2,1-2H3/t22-,27-,31-/m1/s1. The second-order valence-corrected chi connectivity index (χ2v) is 11.1. The predicted molar refractivity (Wildman–Crippen MR) is 144 cm³/mol. The zero-order valence-corrected chi connectivity index (χ0v) is 21.6. The van der Waals surface area contributed by atoms with E-state index < -0.39 is 5.79 Å². The lowest BCUT2D eigenvalue weighted by Crippen LogP contribution is -2.55. The fraction of sp³-hybridized carbons (Fsp3) is 0.375. The minimum atomic E-state index is -0.423. The van der Waals surface area contributed by atoms with Crippen molar-refractivity contribution in [2.75, 3.05) is 13.2 Å². The summed E-state index contributed by atoms with van der Waals surface area (Å²) in [5.41, 5.74) is 8.17. The highest BCUT2D eigenvalue weighted by atomic mass is 16.7. The third kappa shape index (κ3) is 3.52. The van der Waals surface area contributed by atoms with Gasteiger partial charge >= 0.3 is 0 Å². The van der Waals surface area contributed by atoms with Crippen LogP contribution in [-0.2, 0) is 21.3 Å². The van der Waals surface area contributed by atoms with Crippen LogP contribution in [0.3, 0.4) is 0 Å². The van der Waals surface area contributed by atoms with E-state index >= 15 is 0 Å². The van der Waals surface area contributed by atoms with Gasteiger partial charge in [-0.25, -0.2) is 4.68 Å². The molecule has 0 amide bonds. The van der Waals surface area contributed by atoms with Gasteiger partial charge in [0.15, 0.2) is 5.79 Å². The summed E-state index contributed by atoms with van der Waals surface area (Å²) < 4.78 is 14.8. The quantitative estimate of drug-likeness (QED) is 0.324. The molecule has 37 heavy (non-hydrogen) atoms. The van der Waals surface area contributed by atoms with Crippen LogP contribution in [0.25, 0.3) is 28.2 Å². The topological polar surface area (TPSA) is 49.2 Å². The van der Waals surface area contributed by atoms with Gasteiger partial charge in [-0.15, -0.1) is 0 Å². The van der Waals surface area contributed by atoms with Gasteiger partial charge in [-0.3, -0.25) is 4.98 Å². The molecule has 0 N–H and O–H groups in total. The van der Waals surface area contributed by atoms with E-state index in [1.165, 1.54) is 22.4 Å². The summed E-state index contributed by atoms with van der Waals surface area (Å²) in [4.78, 5) is 4.70. The maximum absolute atomic E-state index is 6.27. The van der Waals surface area contributed by atoms with Crippen LogP contribution in [-0.4, -0.2) is 33.8 Å². The second kappa shape index (κ2) is 8.64. The summed E-state index contributed by atoms with van der Waals surface area (Å²) in [6.45, 7) is 6.20. The van der Waals surface area contributed by atoms with Gasteiger partial charge in [-0.1, -0.05) is 62.4 Å². The number of rotatable bonds is 3. The molecule has 5 heteroatoms. The molecule has 1 saturated heterocycles. The monoisotopic (exact) mass is 491 g/mol. The lowest BCUT2D eigenvalue weighted by atomic mass is 9.55. The zero-order valence-electron chi connectivity index (χ0n) is 21.6. The molecule has 2 aromatic carbocycles. The lowest BCUT2D eigenvalue weighted by Gasteiger charge is -2.54. The molecule has 0 radical (unpaired) electrons. The van der Waals surface area contributed by atoms with Crippen LogP contribution in [0.1, 0.15) is 44.4 Å². The van der Waals surface area contributed by atoms with E-state index in [2.05, 4.69) is 85.3 Å². The largest absolute Gasteiger partial charge is 0.347 e. The molecule has 2 aromatic heterocycles.